The van der Waals surface area contributed by atoms with Crippen LogP contribution in [-0.4, -0.2) is 20.1 Å². The van der Waals surface area contributed by atoms with E-state index in [9.17, 15) is 21.6 Å². The first-order valence-corrected chi connectivity index (χ1v) is 13.3. The Bertz CT molecular complexity index is 1700. The van der Waals surface area contributed by atoms with E-state index in [1.54, 1.807) is 41.3 Å². The van der Waals surface area contributed by atoms with Gasteiger partial charge in [-0.15, -0.1) is 11.3 Å². The van der Waals surface area contributed by atoms with Gasteiger partial charge in [0.1, 0.15) is 16.7 Å². The number of nitrogens with one attached hydrogen (secondary N) is 1. The number of anilines is 2. The fourth-order valence-electron chi connectivity index (χ4n) is 3.62. The van der Waals surface area contributed by atoms with E-state index in [-0.39, 0.29) is 28.0 Å². The molecule has 1 aliphatic rings. The summed E-state index contributed by atoms with van der Waals surface area (Å²) in [7, 11) is -3.91. The van der Waals surface area contributed by atoms with E-state index in [0.717, 1.165) is 23.1 Å². The first kappa shape index (κ1) is 25.1. The molecule has 0 saturated carbocycles. The van der Waals surface area contributed by atoms with E-state index in [0.29, 0.717) is 33.4 Å². The summed E-state index contributed by atoms with van der Waals surface area (Å²) in [6.45, 7) is 0.257. The predicted molar refractivity (Wildman–Crippen MR) is 133 cm³/mol. The maximum atomic E-state index is 12.9. The monoisotopic (exact) mass is 567 g/mol. The molecule has 0 atom stereocenters. The second-order valence-electron chi connectivity index (χ2n) is 7.95. The van der Waals surface area contributed by atoms with Gasteiger partial charge in [0.25, 0.3) is 10.0 Å². The number of alkyl halides is 3. The first-order valence-electron chi connectivity index (χ1n) is 10.6. The number of nitrogens with two attached hydrogens (primary N) is 1. The molecule has 0 saturated heterocycles. The van der Waals surface area contributed by atoms with E-state index >= 15 is 0 Å². The summed E-state index contributed by atoms with van der Waals surface area (Å²) < 4.78 is 72.1. The molecule has 4 aromatic rings. The van der Waals surface area contributed by atoms with Crippen LogP contribution in [0.2, 0.25) is 5.02 Å². The Morgan fingerprint density at radius 2 is 1.92 bits per heavy atom. The molecule has 1 aromatic carbocycles. The van der Waals surface area contributed by atoms with E-state index in [1.165, 1.54) is 12.3 Å². The molecule has 4 heterocycles. The van der Waals surface area contributed by atoms with Crippen LogP contribution >= 0.6 is 22.9 Å². The van der Waals surface area contributed by atoms with Crippen LogP contribution in [0.4, 0.5) is 24.5 Å². The molecule has 14 heteroatoms. The molecule has 0 spiro atoms. The molecule has 192 valence electrons. The number of benzene rings is 1. The van der Waals surface area contributed by atoms with Crippen LogP contribution in [0.25, 0.3) is 5.82 Å². The SMILES string of the molecule is NC1=c2ccoc2=NCN1c1ccc(NS(=O)(=O)c2ccc(Cc3ncc(C(F)(F)F)cc3Cl)s2)cc1. The molecule has 0 unspecified atom stereocenters. The first-order chi connectivity index (χ1) is 17.5. The third-order valence-electron chi connectivity index (χ3n) is 5.49. The summed E-state index contributed by atoms with van der Waals surface area (Å²) in [6, 6.07) is 12.1. The van der Waals surface area contributed by atoms with Crippen molar-refractivity contribution < 1.29 is 26.0 Å². The number of fused-ring (bicyclic) bond motifs is 1. The number of halogens is 4. The van der Waals surface area contributed by atoms with Gasteiger partial charge in [-0.2, -0.15) is 13.2 Å². The molecule has 5 rings (SSSR count). The molecule has 0 bridgehead atoms. The van der Waals surface area contributed by atoms with Crippen molar-refractivity contribution in [3.8, 4) is 0 Å². The highest BCUT2D eigenvalue weighted by atomic mass is 35.5. The zero-order valence-electron chi connectivity index (χ0n) is 18.7. The smallest absolute Gasteiger partial charge is 0.417 e. The van der Waals surface area contributed by atoms with Gasteiger partial charge in [-0.1, -0.05) is 11.6 Å². The van der Waals surface area contributed by atoms with Crippen molar-refractivity contribution in [2.24, 2.45) is 10.7 Å². The van der Waals surface area contributed by atoms with Crippen LogP contribution in [0.5, 0.6) is 0 Å². The van der Waals surface area contributed by atoms with Crippen molar-refractivity contribution >= 4 is 50.2 Å². The summed E-state index contributed by atoms with van der Waals surface area (Å²) in [5.74, 6) is 0.473. The fourth-order valence-corrected chi connectivity index (χ4v) is 6.28. The van der Waals surface area contributed by atoms with Crippen molar-refractivity contribution in [1.82, 2.24) is 4.98 Å². The highest BCUT2D eigenvalue weighted by molar-refractivity contribution is 7.94. The van der Waals surface area contributed by atoms with E-state index in [2.05, 4.69) is 14.7 Å². The van der Waals surface area contributed by atoms with E-state index in [1.807, 2.05) is 0 Å². The molecule has 0 fully saturated rings. The number of furan rings is 1. The molecular weight excluding hydrogens is 551 g/mol. The lowest BCUT2D eigenvalue weighted by atomic mass is 10.2. The lowest BCUT2D eigenvalue weighted by molar-refractivity contribution is -0.137. The van der Waals surface area contributed by atoms with Gasteiger partial charge < -0.3 is 15.1 Å². The van der Waals surface area contributed by atoms with Crippen LogP contribution in [0.15, 0.2) is 74.6 Å². The summed E-state index contributed by atoms with van der Waals surface area (Å²) in [5, 5.41) is 0.534. The Labute approximate surface area is 217 Å². The Morgan fingerprint density at radius 3 is 2.62 bits per heavy atom. The van der Waals surface area contributed by atoms with Gasteiger partial charge in [0, 0.05) is 28.9 Å². The number of nitrogens with zero attached hydrogens (tertiary/aromatic N) is 3. The van der Waals surface area contributed by atoms with Crippen molar-refractivity contribution in [2.45, 2.75) is 16.8 Å². The Balaban J connectivity index is 1.29. The molecule has 8 nitrogen and oxygen atoms in total. The minimum absolute atomic E-state index is 0.0366. The van der Waals surface area contributed by atoms with Gasteiger partial charge in [0.15, 0.2) is 0 Å². The standard InChI is InChI=1S/C23H17ClF3N5O3S2/c24-18-9-13(23(25,26)27)11-29-19(18)10-16-5-6-20(36-16)37(33,34)31-14-1-3-15(4-2-14)32-12-30-22-17(21(32)28)7-8-35-22/h1-9,11,31H,10,12,28H2. The molecule has 0 radical (unpaired) electrons. The zero-order valence-corrected chi connectivity index (χ0v) is 21.0. The molecule has 0 amide bonds. The molecule has 37 heavy (non-hydrogen) atoms. The second-order valence-corrected chi connectivity index (χ2v) is 11.4. The summed E-state index contributed by atoms with van der Waals surface area (Å²) in [6.07, 6.45) is -2.26. The molecular formula is C23H17ClF3N5O3S2. The van der Waals surface area contributed by atoms with Crippen LogP contribution in [-0.2, 0) is 22.6 Å². The molecule has 1 aliphatic heterocycles. The average molecular weight is 568 g/mol. The molecule has 3 N–H and O–H groups in total. The summed E-state index contributed by atoms with van der Waals surface area (Å²) in [5.41, 5.74) is 7.01. The molecule has 3 aromatic heterocycles. The summed E-state index contributed by atoms with van der Waals surface area (Å²) >= 11 is 6.95. The largest absolute Gasteiger partial charge is 0.446 e. The van der Waals surface area contributed by atoms with Crippen LogP contribution in [0, 0.1) is 0 Å². The minimum Gasteiger partial charge on any atom is -0.446 e. The van der Waals surface area contributed by atoms with Gasteiger partial charge in [-0.3, -0.25) is 9.71 Å². The van der Waals surface area contributed by atoms with Gasteiger partial charge in [0.05, 0.1) is 27.8 Å². The van der Waals surface area contributed by atoms with Crippen LogP contribution in [0.3, 0.4) is 0 Å². The summed E-state index contributed by atoms with van der Waals surface area (Å²) in [4.78, 5) is 10.5. The number of hydrogen-bond acceptors (Lipinski definition) is 8. The van der Waals surface area contributed by atoms with Gasteiger partial charge >= 0.3 is 6.18 Å². The maximum absolute atomic E-state index is 12.9. The number of hydrogen-bond donors (Lipinski definition) is 2. The Morgan fingerprint density at radius 1 is 1.16 bits per heavy atom. The number of thiophene rings is 1. The van der Waals surface area contributed by atoms with Crippen molar-refractivity contribution in [3.63, 3.8) is 0 Å². The quantitative estimate of drug-likeness (QED) is 0.365. The van der Waals surface area contributed by atoms with Crippen molar-refractivity contribution in [2.75, 3.05) is 16.3 Å². The van der Waals surface area contributed by atoms with Crippen LogP contribution in [0.1, 0.15) is 16.1 Å². The van der Waals surface area contributed by atoms with Gasteiger partial charge in [-0.05, 0) is 48.5 Å². The third-order valence-corrected chi connectivity index (χ3v) is 8.77. The number of aromatic nitrogens is 1. The lowest BCUT2D eigenvalue weighted by Gasteiger charge is -2.24. The Kier molecular flexibility index (Phi) is 6.38. The van der Waals surface area contributed by atoms with E-state index in [4.69, 9.17) is 21.8 Å². The zero-order chi connectivity index (χ0) is 26.4. The van der Waals surface area contributed by atoms with E-state index < -0.39 is 21.8 Å². The van der Waals surface area contributed by atoms with Crippen LogP contribution < -0.4 is 26.1 Å². The highest BCUT2D eigenvalue weighted by Gasteiger charge is 2.31. The maximum Gasteiger partial charge on any atom is 0.417 e. The van der Waals surface area contributed by atoms with Gasteiger partial charge in [0.2, 0.25) is 5.55 Å². The van der Waals surface area contributed by atoms with Gasteiger partial charge in [-0.25, -0.2) is 13.4 Å². The topological polar surface area (TPSA) is 114 Å². The van der Waals surface area contributed by atoms with Crippen molar-refractivity contribution in [1.29, 1.82) is 0 Å². The number of rotatable bonds is 6. The average Bonchev–Trinajstić information content (AvgIpc) is 3.51. The number of sulfonamides is 1. The lowest BCUT2D eigenvalue weighted by Crippen LogP contribution is -2.42. The second kappa shape index (κ2) is 9.39. The minimum atomic E-state index is -4.56. The Hall–Kier alpha value is -3.55. The van der Waals surface area contributed by atoms with Crippen molar-refractivity contribution in [3.05, 3.63) is 92.9 Å². The normalized spacial score (nSPS) is 13.8. The molecule has 0 aliphatic carbocycles. The fraction of sp³-hybridized carbons (Fsp3) is 0.130. The third kappa shape index (κ3) is 5.15. The highest BCUT2D eigenvalue weighted by Crippen LogP contribution is 2.33. The predicted octanol–water partition coefficient (Wildman–Crippen LogP) is 3.92. The number of pyridine rings is 1.